The predicted octanol–water partition coefficient (Wildman–Crippen LogP) is 10.0. The molecule has 0 atom stereocenters. The van der Waals surface area contributed by atoms with E-state index in [2.05, 4.69) is 213 Å². The van der Waals surface area contributed by atoms with E-state index in [0.717, 1.165) is 12.3 Å². The Hall–Kier alpha value is 0.660. The van der Waals surface area contributed by atoms with Crippen molar-refractivity contribution in [1.29, 1.82) is 0 Å². The van der Waals surface area contributed by atoms with Gasteiger partial charge in [-0.15, -0.1) is 0 Å². The minimum atomic E-state index is -2.60. The Morgan fingerprint density at radius 3 is 0.778 bits per heavy atom. The summed E-state index contributed by atoms with van der Waals surface area (Å²) in [5.41, 5.74) is 5.60. The summed E-state index contributed by atoms with van der Waals surface area (Å²) in [7, 11) is 0. The van der Waals surface area contributed by atoms with Crippen LogP contribution in [-0.2, 0) is 0 Å². The number of hydrogen-bond acceptors (Lipinski definition) is 0. The Morgan fingerprint density at radius 1 is 0.389 bits per heavy atom. The molecule has 0 spiro atoms. The molecule has 0 radical (unpaired) electrons. The van der Waals surface area contributed by atoms with Crippen LogP contribution in [0.25, 0.3) is 0 Å². The van der Waals surface area contributed by atoms with Crippen molar-refractivity contribution in [3.05, 3.63) is 119 Å². The standard InChI is InChI=1S/C30H32I4P2/c1-23-13-5-9-17-27(23)35(31,32,28-18-10-6-14-24(28)2)21-22-36(33,34,29-19-11-7-15-25(29)3)30-20-12-8-16-26(30)4/h5-20H,21-22H2,1-4H3. The second kappa shape index (κ2) is 10.9. The van der Waals surface area contributed by atoms with E-state index in [1.54, 1.807) is 0 Å². The third-order valence-corrected chi connectivity index (χ3v) is 33.7. The molecule has 0 bridgehead atoms. The van der Waals surface area contributed by atoms with Crippen molar-refractivity contribution >= 4 is 113 Å². The van der Waals surface area contributed by atoms with Crippen LogP contribution in [0.15, 0.2) is 97.1 Å². The minimum absolute atomic E-state index is 1.15. The van der Waals surface area contributed by atoms with Gasteiger partial charge >= 0.3 is 272 Å². The Morgan fingerprint density at radius 2 is 0.583 bits per heavy atom. The molecule has 36 heavy (non-hydrogen) atoms. The zero-order chi connectivity index (χ0) is 26.2. The molecule has 0 saturated carbocycles. The van der Waals surface area contributed by atoms with Gasteiger partial charge in [-0.05, 0) is 0 Å². The molecule has 0 heterocycles. The van der Waals surface area contributed by atoms with Crippen molar-refractivity contribution in [3.63, 3.8) is 0 Å². The molecule has 0 aliphatic heterocycles. The molecule has 4 aromatic carbocycles. The first-order chi connectivity index (χ1) is 16.9. The van der Waals surface area contributed by atoms with E-state index < -0.39 is 3.78 Å². The van der Waals surface area contributed by atoms with E-state index in [1.165, 1.54) is 43.5 Å². The molecule has 0 saturated heterocycles. The van der Waals surface area contributed by atoms with Crippen LogP contribution in [0.3, 0.4) is 0 Å². The summed E-state index contributed by atoms with van der Waals surface area (Å²) in [6, 6.07) is 36.4. The maximum absolute atomic E-state index is 2.93. The van der Waals surface area contributed by atoms with Gasteiger partial charge in [0, 0.05) is 0 Å². The summed E-state index contributed by atoms with van der Waals surface area (Å²) in [6.07, 6.45) is 2.30. The second-order valence-electron chi connectivity index (χ2n) is 9.73. The fourth-order valence-electron chi connectivity index (χ4n) is 5.32. The first kappa shape index (κ1) is 29.6. The fourth-order valence-corrected chi connectivity index (χ4v) is 34.9. The zero-order valence-electron chi connectivity index (χ0n) is 21.1. The van der Waals surface area contributed by atoms with Crippen LogP contribution in [-0.4, -0.2) is 12.3 Å². The third kappa shape index (κ3) is 5.35. The topological polar surface area (TPSA) is 0 Å². The van der Waals surface area contributed by atoms with Gasteiger partial charge in [-0.25, -0.2) is 0 Å². The molecule has 4 rings (SSSR count). The molecule has 0 nitrogen and oxygen atoms in total. The summed E-state index contributed by atoms with van der Waals surface area (Å²) in [5.74, 6) is 0. The van der Waals surface area contributed by atoms with Crippen LogP contribution in [0.2, 0.25) is 0 Å². The number of halogens is 4. The van der Waals surface area contributed by atoms with Crippen molar-refractivity contribution < 1.29 is 0 Å². The summed E-state index contributed by atoms with van der Waals surface area (Å²) < 4.78 is -5.20. The van der Waals surface area contributed by atoms with E-state index in [4.69, 9.17) is 0 Å². The molecule has 0 fully saturated rings. The number of rotatable bonds is 7. The average Bonchev–Trinajstić information content (AvgIpc) is 2.84. The van der Waals surface area contributed by atoms with Crippen molar-refractivity contribution in [3.8, 4) is 0 Å². The summed E-state index contributed by atoms with van der Waals surface area (Å²) in [5, 5.41) is 6.11. The Labute approximate surface area is 269 Å². The van der Waals surface area contributed by atoms with Crippen LogP contribution in [0.1, 0.15) is 22.3 Å². The van der Waals surface area contributed by atoms with E-state index in [1.807, 2.05) is 0 Å². The SMILES string of the molecule is Cc1ccccc1P(I)(I)(CCP(I)(I)(c1ccccc1C)c1ccccc1C)c1ccccc1C. The monoisotopic (exact) mass is 962 g/mol. The van der Waals surface area contributed by atoms with E-state index in [9.17, 15) is 0 Å². The molecule has 0 aliphatic rings. The molecule has 6 heteroatoms. The molecule has 4 aromatic rings. The number of hydrogen-bond donors (Lipinski definition) is 0. The van der Waals surface area contributed by atoms with Crippen molar-refractivity contribution in [2.75, 3.05) is 12.3 Å². The molecule has 0 N–H and O–H groups in total. The van der Waals surface area contributed by atoms with Crippen molar-refractivity contribution in [2.45, 2.75) is 27.7 Å². The molecular weight excluding hydrogens is 930 g/mol. The van der Waals surface area contributed by atoms with E-state index in [0.29, 0.717) is 0 Å². The molecule has 0 unspecified atom stereocenters. The Balaban J connectivity index is 1.99. The summed E-state index contributed by atoms with van der Waals surface area (Å²) in [4.78, 5) is 0. The van der Waals surface area contributed by atoms with Crippen molar-refractivity contribution in [1.82, 2.24) is 0 Å². The van der Waals surface area contributed by atoms with Gasteiger partial charge < -0.3 is 0 Å². The van der Waals surface area contributed by atoms with Crippen molar-refractivity contribution in [2.24, 2.45) is 0 Å². The molecule has 190 valence electrons. The van der Waals surface area contributed by atoms with Gasteiger partial charge in [-0.2, -0.15) is 0 Å². The van der Waals surface area contributed by atoms with Crippen LogP contribution >= 0.6 is 91.9 Å². The first-order valence-electron chi connectivity index (χ1n) is 12.0. The van der Waals surface area contributed by atoms with Crippen LogP contribution in [0.5, 0.6) is 0 Å². The van der Waals surface area contributed by atoms with Gasteiger partial charge in [0.15, 0.2) is 0 Å². The van der Waals surface area contributed by atoms with Crippen LogP contribution in [0, 0.1) is 27.7 Å². The Bertz CT molecular complexity index is 1220. The average molecular weight is 962 g/mol. The van der Waals surface area contributed by atoms with E-state index in [-0.39, 0.29) is 0 Å². The second-order valence-corrected chi connectivity index (χ2v) is 53.5. The normalized spacial score (nSPS) is 14.4. The number of benzene rings is 4. The molecule has 0 aliphatic carbocycles. The van der Waals surface area contributed by atoms with Gasteiger partial charge in [0.2, 0.25) is 0 Å². The summed E-state index contributed by atoms with van der Waals surface area (Å²) in [6.45, 7) is 9.18. The van der Waals surface area contributed by atoms with E-state index >= 15 is 0 Å². The quantitative estimate of drug-likeness (QED) is 0.128. The van der Waals surface area contributed by atoms with Crippen LogP contribution in [0.4, 0.5) is 0 Å². The maximum atomic E-state index is 2.93. The zero-order valence-corrected chi connectivity index (χ0v) is 31.5. The predicted molar refractivity (Wildman–Crippen MR) is 203 cm³/mol. The number of aryl methyl sites for hydroxylation is 4. The van der Waals surface area contributed by atoms with Crippen LogP contribution < -0.4 is 21.2 Å². The summed E-state index contributed by atoms with van der Waals surface area (Å²) >= 11 is 11.7. The van der Waals surface area contributed by atoms with Gasteiger partial charge in [-0.1, -0.05) is 0 Å². The molecular formula is C30H32I4P2. The van der Waals surface area contributed by atoms with Gasteiger partial charge in [0.1, 0.15) is 0 Å². The fraction of sp³-hybridized carbons (Fsp3) is 0.200. The molecule has 0 amide bonds. The first-order valence-corrected chi connectivity index (χ1v) is 28.0. The van der Waals surface area contributed by atoms with Gasteiger partial charge in [0.05, 0.1) is 0 Å². The van der Waals surface area contributed by atoms with Gasteiger partial charge in [0.25, 0.3) is 0 Å². The molecule has 0 aromatic heterocycles. The third-order valence-electron chi connectivity index (χ3n) is 7.24. The Kier molecular flexibility index (Phi) is 8.98. The van der Waals surface area contributed by atoms with Gasteiger partial charge in [-0.3, -0.25) is 0 Å².